The fraction of sp³-hybridized carbons (Fsp3) is 0.278. The molecule has 0 aliphatic rings. The Morgan fingerprint density at radius 1 is 1.00 bits per heavy atom. The predicted molar refractivity (Wildman–Crippen MR) is 105 cm³/mol. The maximum absolute atomic E-state index is 12.0. The topological polar surface area (TPSA) is 84.9 Å². The Labute approximate surface area is 167 Å². The number of benzene rings is 2. The summed E-state index contributed by atoms with van der Waals surface area (Å²) in [6.45, 7) is 0.475. The largest absolute Gasteiger partial charge is 0.492 e. The van der Waals surface area contributed by atoms with Gasteiger partial charge in [0.05, 0.1) is 11.4 Å². The van der Waals surface area contributed by atoms with Crippen molar-refractivity contribution in [1.82, 2.24) is 9.62 Å². The zero-order valence-electron chi connectivity index (χ0n) is 15.0. The molecule has 0 aromatic heterocycles. The molecular formula is C18H21BrN2O5S. The lowest BCUT2D eigenvalue weighted by molar-refractivity contribution is -0.123. The summed E-state index contributed by atoms with van der Waals surface area (Å²) in [7, 11) is -0.507. The minimum atomic E-state index is -3.46. The van der Waals surface area contributed by atoms with E-state index in [0.29, 0.717) is 18.0 Å². The summed E-state index contributed by atoms with van der Waals surface area (Å²) in [5.41, 5.74) is 0. The van der Waals surface area contributed by atoms with Gasteiger partial charge in [-0.3, -0.25) is 4.79 Å². The smallest absolute Gasteiger partial charge is 0.258 e. The highest BCUT2D eigenvalue weighted by atomic mass is 79.9. The van der Waals surface area contributed by atoms with E-state index in [1.165, 1.54) is 26.2 Å². The molecule has 0 saturated carbocycles. The number of nitrogens with zero attached hydrogens (tertiary/aromatic N) is 1. The standard InChI is InChI=1S/C18H21BrN2O5S/c1-21(2)27(23,24)17-9-7-15(8-10-17)25-12-11-20-18(22)13-26-16-5-3-14(19)4-6-16/h3-10H,11-13H2,1-2H3,(H,20,22). The summed E-state index contributed by atoms with van der Waals surface area (Å²) >= 11 is 3.33. The van der Waals surface area contributed by atoms with Crippen LogP contribution < -0.4 is 14.8 Å². The molecule has 2 aromatic rings. The number of amides is 1. The van der Waals surface area contributed by atoms with Gasteiger partial charge in [-0.1, -0.05) is 15.9 Å². The fourth-order valence-electron chi connectivity index (χ4n) is 2.01. The first kappa shape index (κ1) is 21.2. The molecule has 0 heterocycles. The van der Waals surface area contributed by atoms with Crippen LogP contribution in [0.15, 0.2) is 57.9 Å². The molecule has 0 spiro atoms. The molecular weight excluding hydrogens is 436 g/mol. The van der Waals surface area contributed by atoms with E-state index in [2.05, 4.69) is 21.2 Å². The average Bonchev–Trinajstić information content (AvgIpc) is 2.65. The van der Waals surface area contributed by atoms with Crippen LogP contribution in [-0.2, 0) is 14.8 Å². The van der Waals surface area contributed by atoms with Crippen molar-refractivity contribution in [2.24, 2.45) is 0 Å². The molecule has 1 amide bonds. The van der Waals surface area contributed by atoms with E-state index < -0.39 is 10.0 Å². The van der Waals surface area contributed by atoms with E-state index >= 15 is 0 Å². The second kappa shape index (κ2) is 9.72. The van der Waals surface area contributed by atoms with Crippen LogP contribution in [0.4, 0.5) is 0 Å². The van der Waals surface area contributed by atoms with Gasteiger partial charge in [0.2, 0.25) is 10.0 Å². The Hall–Kier alpha value is -2.10. The molecule has 0 aliphatic carbocycles. The Morgan fingerprint density at radius 3 is 2.15 bits per heavy atom. The van der Waals surface area contributed by atoms with Crippen LogP contribution in [0.2, 0.25) is 0 Å². The van der Waals surface area contributed by atoms with Crippen LogP contribution in [-0.4, -0.2) is 52.5 Å². The van der Waals surface area contributed by atoms with Crippen LogP contribution in [0.5, 0.6) is 11.5 Å². The lowest BCUT2D eigenvalue weighted by atomic mass is 10.3. The number of carbonyl (C=O) groups is 1. The van der Waals surface area contributed by atoms with Gasteiger partial charge in [0, 0.05) is 18.6 Å². The van der Waals surface area contributed by atoms with Crippen LogP contribution in [0.3, 0.4) is 0 Å². The lowest BCUT2D eigenvalue weighted by Crippen LogP contribution is -2.32. The normalized spacial score (nSPS) is 11.3. The zero-order valence-corrected chi connectivity index (χ0v) is 17.4. The summed E-state index contributed by atoms with van der Waals surface area (Å²) in [5, 5.41) is 2.68. The quantitative estimate of drug-likeness (QED) is 0.585. The van der Waals surface area contributed by atoms with Crippen LogP contribution in [0.25, 0.3) is 0 Å². The van der Waals surface area contributed by atoms with E-state index in [1.54, 1.807) is 24.3 Å². The molecule has 9 heteroatoms. The van der Waals surface area contributed by atoms with Crippen molar-refractivity contribution >= 4 is 31.9 Å². The van der Waals surface area contributed by atoms with Gasteiger partial charge in [-0.25, -0.2) is 12.7 Å². The molecule has 0 atom stereocenters. The summed E-state index contributed by atoms with van der Waals surface area (Å²) in [6, 6.07) is 13.3. The number of hydrogen-bond acceptors (Lipinski definition) is 5. The molecule has 2 rings (SSSR count). The number of rotatable bonds is 9. The number of carbonyl (C=O) groups excluding carboxylic acids is 1. The third kappa shape index (κ3) is 6.53. The predicted octanol–water partition coefficient (Wildman–Crippen LogP) is 2.27. The van der Waals surface area contributed by atoms with Gasteiger partial charge >= 0.3 is 0 Å². The van der Waals surface area contributed by atoms with Gasteiger partial charge in [0.15, 0.2) is 6.61 Å². The second-order valence-corrected chi connectivity index (χ2v) is 8.77. The Morgan fingerprint density at radius 2 is 1.56 bits per heavy atom. The molecule has 0 fully saturated rings. The minimum absolute atomic E-state index is 0.0846. The number of nitrogens with one attached hydrogen (secondary N) is 1. The Bertz CT molecular complexity index is 852. The number of sulfonamides is 1. The highest BCUT2D eigenvalue weighted by Gasteiger charge is 2.16. The van der Waals surface area contributed by atoms with E-state index in [1.807, 2.05) is 12.1 Å². The maximum Gasteiger partial charge on any atom is 0.258 e. The molecule has 0 saturated heterocycles. The summed E-state index contributed by atoms with van der Waals surface area (Å²) in [4.78, 5) is 11.9. The second-order valence-electron chi connectivity index (χ2n) is 5.70. The maximum atomic E-state index is 12.0. The Balaban J connectivity index is 1.70. The zero-order chi connectivity index (χ0) is 19.9. The molecule has 0 bridgehead atoms. The lowest BCUT2D eigenvalue weighted by Gasteiger charge is -2.12. The first-order chi connectivity index (χ1) is 12.8. The van der Waals surface area contributed by atoms with Gasteiger partial charge in [0.1, 0.15) is 18.1 Å². The van der Waals surface area contributed by atoms with Crippen molar-refractivity contribution in [2.75, 3.05) is 33.9 Å². The number of halogens is 1. The first-order valence-corrected chi connectivity index (χ1v) is 10.3. The number of ether oxygens (including phenoxy) is 2. The van der Waals surface area contributed by atoms with Crippen molar-refractivity contribution in [3.63, 3.8) is 0 Å². The van der Waals surface area contributed by atoms with E-state index in [4.69, 9.17) is 9.47 Å². The molecule has 2 aromatic carbocycles. The van der Waals surface area contributed by atoms with E-state index in [-0.39, 0.29) is 24.0 Å². The summed E-state index contributed by atoms with van der Waals surface area (Å²) in [6.07, 6.45) is 0. The van der Waals surface area contributed by atoms with Gasteiger partial charge in [-0.2, -0.15) is 0 Å². The third-order valence-corrected chi connectivity index (χ3v) is 5.84. The van der Waals surface area contributed by atoms with E-state index in [9.17, 15) is 13.2 Å². The van der Waals surface area contributed by atoms with Crippen molar-refractivity contribution in [2.45, 2.75) is 4.90 Å². The molecule has 0 unspecified atom stereocenters. The monoisotopic (exact) mass is 456 g/mol. The van der Waals surface area contributed by atoms with Gasteiger partial charge in [-0.05, 0) is 48.5 Å². The molecule has 146 valence electrons. The van der Waals surface area contributed by atoms with Crippen molar-refractivity contribution in [3.05, 3.63) is 53.0 Å². The van der Waals surface area contributed by atoms with E-state index in [0.717, 1.165) is 8.78 Å². The SMILES string of the molecule is CN(C)S(=O)(=O)c1ccc(OCCNC(=O)COc2ccc(Br)cc2)cc1. The minimum Gasteiger partial charge on any atom is -0.492 e. The molecule has 0 radical (unpaired) electrons. The highest BCUT2D eigenvalue weighted by Crippen LogP contribution is 2.18. The van der Waals surface area contributed by atoms with Crippen LogP contribution in [0.1, 0.15) is 0 Å². The Kier molecular flexibility index (Phi) is 7.64. The third-order valence-electron chi connectivity index (χ3n) is 3.48. The summed E-state index contributed by atoms with van der Waals surface area (Å²) in [5.74, 6) is 0.874. The highest BCUT2D eigenvalue weighted by molar-refractivity contribution is 9.10. The first-order valence-electron chi connectivity index (χ1n) is 8.09. The average molecular weight is 457 g/mol. The molecule has 27 heavy (non-hydrogen) atoms. The number of hydrogen-bond donors (Lipinski definition) is 1. The van der Waals surface area contributed by atoms with Crippen LogP contribution in [0, 0.1) is 0 Å². The fourth-order valence-corrected chi connectivity index (χ4v) is 3.17. The molecule has 7 nitrogen and oxygen atoms in total. The van der Waals surface area contributed by atoms with Crippen molar-refractivity contribution in [1.29, 1.82) is 0 Å². The van der Waals surface area contributed by atoms with Gasteiger partial charge in [0.25, 0.3) is 5.91 Å². The van der Waals surface area contributed by atoms with Gasteiger partial charge < -0.3 is 14.8 Å². The van der Waals surface area contributed by atoms with Gasteiger partial charge in [-0.15, -0.1) is 0 Å². The summed E-state index contributed by atoms with van der Waals surface area (Å²) < 4.78 is 36.9. The molecule has 0 aliphatic heterocycles. The van der Waals surface area contributed by atoms with Crippen molar-refractivity contribution in [3.8, 4) is 11.5 Å². The van der Waals surface area contributed by atoms with Crippen LogP contribution >= 0.6 is 15.9 Å². The van der Waals surface area contributed by atoms with Crippen molar-refractivity contribution < 1.29 is 22.7 Å². The molecule has 1 N–H and O–H groups in total.